The Morgan fingerprint density at radius 1 is 1.50 bits per heavy atom. The summed E-state index contributed by atoms with van der Waals surface area (Å²) in [6, 6.07) is 0. The van der Waals surface area contributed by atoms with E-state index in [1.165, 1.54) is 25.7 Å². The molecule has 0 bridgehead atoms. The number of ether oxygens (including phenoxy) is 1. The van der Waals surface area contributed by atoms with Gasteiger partial charge in [-0.15, -0.1) is 0 Å². The van der Waals surface area contributed by atoms with Crippen LogP contribution in [0.3, 0.4) is 0 Å². The zero-order valence-corrected chi connectivity index (χ0v) is 7.10. The number of hydrogen-bond donors (Lipinski definition) is 0. The highest BCUT2D eigenvalue weighted by molar-refractivity contribution is 4.68. The van der Waals surface area contributed by atoms with E-state index in [2.05, 4.69) is 13.8 Å². The van der Waals surface area contributed by atoms with Crippen molar-refractivity contribution in [3.8, 4) is 0 Å². The molecule has 0 radical (unpaired) electrons. The van der Waals surface area contributed by atoms with Gasteiger partial charge in [-0.3, -0.25) is 0 Å². The third kappa shape index (κ3) is 1.98. The molecule has 1 aliphatic rings. The van der Waals surface area contributed by atoms with Gasteiger partial charge in [0, 0.05) is 6.61 Å². The first-order valence-electron chi connectivity index (χ1n) is 4.46. The second-order valence-electron chi connectivity index (χ2n) is 3.29. The molecular weight excluding hydrogens is 124 g/mol. The predicted octanol–water partition coefficient (Wildman–Crippen LogP) is 2.60. The van der Waals surface area contributed by atoms with Gasteiger partial charge >= 0.3 is 0 Å². The molecule has 1 unspecified atom stereocenters. The Morgan fingerprint density at radius 3 is 2.80 bits per heavy atom. The second-order valence-corrected chi connectivity index (χ2v) is 3.29. The van der Waals surface area contributed by atoms with Crippen molar-refractivity contribution < 1.29 is 4.74 Å². The molecule has 0 aliphatic carbocycles. The molecule has 0 aromatic rings. The number of rotatable bonds is 2. The highest BCUT2D eigenvalue weighted by atomic mass is 16.5. The van der Waals surface area contributed by atoms with E-state index in [1.807, 2.05) is 0 Å². The highest BCUT2D eigenvalue weighted by Crippen LogP contribution is 2.21. The van der Waals surface area contributed by atoms with Crippen LogP contribution in [0.15, 0.2) is 0 Å². The summed E-state index contributed by atoms with van der Waals surface area (Å²) in [7, 11) is 0. The van der Waals surface area contributed by atoms with E-state index >= 15 is 0 Å². The molecule has 2 atom stereocenters. The zero-order valence-electron chi connectivity index (χ0n) is 7.10. The first-order chi connectivity index (χ1) is 4.84. The minimum Gasteiger partial charge on any atom is -0.378 e. The van der Waals surface area contributed by atoms with Crippen LogP contribution in [-0.4, -0.2) is 12.7 Å². The first-order valence-corrected chi connectivity index (χ1v) is 4.46. The molecular formula is C9H18O. The minimum atomic E-state index is 0.568. The third-order valence-electron chi connectivity index (χ3n) is 2.49. The Morgan fingerprint density at radius 2 is 2.30 bits per heavy atom. The predicted molar refractivity (Wildman–Crippen MR) is 43.0 cm³/mol. The van der Waals surface area contributed by atoms with Crippen LogP contribution in [0.1, 0.15) is 39.5 Å². The van der Waals surface area contributed by atoms with Crippen LogP contribution in [0.2, 0.25) is 0 Å². The van der Waals surface area contributed by atoms with E-state index < -0.39 is 0 Å². The van der Waals surface area contributed by atoms with E-state index in [0.29, 0.717) is 6.10 Å². The fourth-order valence-electron chi connectivity index (χ4n) is 1.48. The second kappa shape index (κ2) is 3.97. The Bertz CT molecular complexity index is 84.7. The summed E-state index contributed by atoms with van der Waals surface area (Å²) in [6.07, 6.45) is 5.75. The van der Waals surface area contributed by atoms with Crippen LogP contribution in [-0.2, 0) is 4.74 Å². The van der Waals surface area contributed by atoms with Gasteiger partial charge in [0.25, 0.3) is 0 Å². The quantitative estimate of drug-likeness (QED) is 0.576. The SMILES string of the molecule is CCC(C)[C@H]1CCCCO1. The maximum Gasteiger partial charge on any atom is 0.0600 e. The molecule has 0 aromatic carbocycles. The standard InChI is InChI=1S/C9H18O/c1-3-8(2)9-6-4-5-7-10-9/h8-9H,3-7H2,1-2H3/t8?,9-/m1/s1. The molecule has 1 fully saturated rings. The van der Waals surface area contributed by atoms with E-state index in [-0.39, 0.29) is 0 Å². The zero-order chi connectivity index (χ0) is 7.40. The fraction of sp³-hybridized carbons (Fsp3) is 1.00. The lowest BCUT2D eigenvalue weighted by Crippen LogP contribution is -2.25. The molecule has 0 aromatic heterocycles. The van der Waals surface area contributed by atoms with Gasteiger partial charge < -0.3 is 4.74 Å². The summed E-state index contributed by atoms with van der Waals surface area (Å²) in [5.74, 6) is 0.764. The summed E-state index contributed by atoms with van der Waals surface area (Å²) in [5, 5.41) is 0. The van der Waals surface area contributed by atoms with Gasteiger partial charge in [-0.25, -0.2) is 0 Å². The Hall–Kier alpha value is -0.0400. The monoisotopic (exact) mass is 142 g/mol. The topological polar surface area (TPSA) is 9.23 Å². The summed E-state index contributed by atoms with van der Waals surface area (Å²) in [6.45, 7) is 5.52. The molecule has 1 rings (SSSR count). The lowest BCUT2D eigenvalue weighted by Gasteiger charge is -2.27. The van der Waals surface area contributed by atoms with Crippen LogP contribution < -0.4 is 0 Å². The molecule has 0 saturated carbocycles. The molecule has 0 amide bonds. The Balaban J connectivity index is 2.24. The van der Waals surface area contributed by atoms with Gasteiger partial charge in [-0.2, -0.15) is 0 Å². The first kappa shape index (κ1) is 8.06. The molecule has 10 heavy (non-hydrogen) atoms. The van der Waals surface area contributed by atoms with Crippen molar-refractivity contribution in [2.75, 3.05) is 6.61 Å². The summed E-state index contributed by atoms with van der Waals surface area (Å²) >= 11 is 0. The summed E-state index contributed by atoms with van der Waals surface area (Å²) in [5.41, 5.74) is 0. The van der Waals surface area contributed by atoms with Crippen molar-refractivity contribution in [2.45, 2.75) is 45.6 Å². The summed E-state index contributed by atoms with van der Waals surface area (Å²) < 4.78 is 5.63. The van der Waals surface area contributed by atoms with E-state index in [4.69, 9.17) is 4.74 Å². The molecule has 1 aliphatic heterocycles. The lowest BCUT2D eigenvalue weighted by molar-refractivity contribution is -0.0170. The van der Waals surface area contributed by atoms with Gasteiger partial charge in [0.2, 0.25) is 0 Å². The van der Waals surface area contributed by atoms with Gasteiger partial charge in [0.1, 0.15) is 0 Å². The third-order valence-corrected chi connectivity index (χ3v) is 2.49. The van der Waals surface area contributed by atoms with Crippen LogP contribution in [0, 0.1) is 5.92 Å². The molecule has 1 saturated heterocycles. The van der Waals surface area contributed by atoms with E-state index in [0.717, 1.165) is 12.5 Å². The lowest BCUT2D eigenvalue weighted by atomic mass is 9.95. The van der Waals surface area contributed by atoms with Crippen molar-refractivity contribution in [1.82, 2.24) is 0 Å². The molecule has 0 spiro atoms. The maximum atomic E-state index is 5.63. The smallest absolute Gasteiger partial charge is 0.0600 e. The van der Waals surface area contributed by atoms with Crippen molar-refractivity contribution in [3.63, 3.8) is 0 Å². The fourth-order valence-corrected chi connectivity index (χ4v) is 1.48. The van der Waals surface area contributed by atoms with Gasteiger partial charge in [-0.05, 0) is 25.2 Å². The average Bonchev–Trinajstić information content (AvgIpc) is 2.05. The van der Waals surface area contributed by atoms with Crippen LogP contribution in [0.4, 0.5) is 0 Å². The van der Waals surface area contributed by atoms with Crippen LogP contribution >= 0.6 is 0 Å². The van der Waals surface area contributed by atoms with Gasteiger partial charge in [0.15, 0.2) is 0 Å². The summed E-state index contributed by atoms with van der Waals surface area (Å²) in [4.78, 5) is 0. The molecule has 60 valence electrons. The Kier molecular flexibility index (Phi) is 3.20. The largest absolute Gasteiger partial charge is 0.378 e. The Labute approximate surface area is 63.8 Å². The van der Waals surface area contributed by atoms with Crippen molar-refractivity contribution in [3.05, 3.63) is 0 Å². The number of hydrogen-bond acceptors (Lipinski definition) is 1. The molecule has 1 nitrogen and oxygen atoms in total. The van der Waals surface area contributed by atoms with E-state index in [9.17, 15) is 0 Å². The molecule has 1 heterocycles. The molecule has 0 N–H and O–H groups in total. The van der Waals surface area contributed by atoms with Crippen molar-refractivity contribution in [2.24, 2.45) is 5.92 Å². The average molecular weight is 142 g/mol. The van der Waals surface area contributed by atoms with E-state index in [1.54, 1.807) is 0 Å². The van der Waals surface area contributed by atoms with Crippen LogP contribution in [0.5, 0.6) is 0 Å². The minimum absolute atomic E-state index is 0.568. The maximum absolute atomic E-state index is 5.63. The highest BCUT2D eigenvalue weighted by Gasteiger charge is 2.18. The van der Waals surface area contributed by atoms with Crippen molar-refractivity contribution >= 4 is 0 Å². The molecule has 1 heteroatoms. The van der Waals surface area contributed by atoms with Gasteiger partial charge in [-0.1, -0.05) is 20.3 Å². The van der Waals surface area contributed by atoms with Crippen molar-refractivity contribution in [1.29, 1.82) is 0 Å². The van der Waals surface area contributed by atoms with Crippen LogP contribution in [0.25, 0.3) is 0 Å². The van der Waals surface area contributed by atoms with Gasteiger partial charge in [0.05, 0.1) is 6.10 Å². The normalized spacial score (nSPS) is 30.0.